The van der Waals surface area contributed by atoms with Gasteiger partial charge in [-0.3, -0.25) is 14.6 Å². The Morgan fingerprint density at radius 1 is 1.36 bits per heavy atom. The van der Waals surface area contributed by atoms with Crippen molar-refractivity contribution >= 4 is 23.2 Å². The molecular weight excluding hydrogens is 300 g/mol. The largest absolute Gasteiger partial charge is 0.366 e. The molecule has 0 bridgehead atoms. The molecule has 7 heteroatoms. The molecule has 1 aliphatic heterocycles. The van der Waals surface area contributed by atoms with Crippen LogP contribution in [0, 0.1) is 6.92 Å². The van der Waals surface area contributed by atoms with E-state index in [9.17, 15) is 9.59 Å². The van der Waals surface area contributed by atoms with Crippen LogP contribution in [0.1, 0.15) is 50.3 Å². The van der Waals surface area contributed by atoms with Crippen molar-refractivity contribution in [2.75, 3.05) is 6.54 Å². The van der Waals surface area contributed by atoms with Crippen molar-refractivity contribution in [3.05, 3.63) is 45.7 Å². The molecule has 2 aromatic heterocycles. The molecule has 114 valence electrons. The van der Waals surface area contributed by atoms with E-state index >= 15 is 0 Å². The van der Waals surface area contributed by atoms with E-state index in [2.05, 4.69) is 9.97 Å². The van der Waals surface area contributed by atoms with Gasteiger partial charge in [0.05, 0.1) is 17.2 Å². The topological polar surface area (TPSA) is 89.2 Å². The minimum absolute atomic E-state index is 0.00318. The van der Waals surface area contributed by atoms with Gasteiger partial charge in [0.1, 0.15) is 5.01 Å². The number of aryl methyl sites for hydroxylation is 1. The Balaban J connectivity index is 1.87. The van der Waals surface area contributed by atoms with E-state index < -0.39 is 5.91 Å². The summed E-state index contributed by atoms with van der Waals surface area (Å²) in [6.45, 7) is 2.63. The van der Waals surface area contributed by atoms with Gasteiger partial charge >= 0.3 is 0 Å². The van der Waals surface area contributed by atoms with Crippen LogP contribution in [0.3, 0.4) is 0 Å². The van der Waals surface area contributed by atoms with Crippen LogP contribution in [0.2, 0.25) is 0 Å². The number of carbonyl (C=O) groups is 2. The van der Waals surface area contributed by atoms with Gasteiger partial charge in [0.15, 0.2) is 0 Å². The number of hydrogen-bond donors (Lipinski definition) is 1. The predicted octanol–water partition coefficient (Wildman–Crippen LogP) is 1.92. The maximum Gasteiger partial charge on any atom is 0.256 e. The first-order valence-electron chi connectivity index (χ1n) is 7.04. The Hall–Kier alpha value is -2.28. The van der Waals surface area contributed by atoms with Crippen molar-refractivity contribution in [2.24, 2.45) is 5.73 Å². The maximum absolute atomic E-state index is 12.7. The SMILES string of the molecule is Cc1csc(C2CCCN2C(=O)c2cncc(C(N)=O)c2)n1. The molecule has 3 heterocycles. The summed E-state index contributed by atoms with van der Waals surface area (Å²) in [6, 6.07) is 1.50. The maximum atomic E-state index is 12.7. The molecule has 1 saturated heterocycles. The third-order valence-corrected chi connectivity index (χ3v) is 4.77. The van der Waals surface area contributed by atoms with Gasteiger partial charge in [-0.05, 0) is 25.8 Å². The number of primary amides is 1. The number of rotatable bonds is 3. The molecule has 0 spiro atoms. The number of hydrogen-bond acceptors (Lipinski definition) is 5. The summed E-state index contributed by atoms with van der Waals surface area (Å²) in [5.74, 6) is -0.721. The molecule has 0 aliphatic carbocycles. The van der Waals surface area contributed by atoms with Crippen LogP contribution >= 0.6 is 11.3 Å². The second-order valence-corrected chi connectivity index (χ2v) is 6.20. The van der Waals surface area contributed by atoms with Crippen LogP contribution in [0.15, 0.2) is 23.8 Å². The molecular formula is C15H16N4O2S. The van der Waals surface area contributed by atoms with Gasteiger partial charge < -0.3 is 10.6 Å². The summed E-state index contributed by atoms with van der Waals surface area (Å²) >= 11 is 1.58. The Morgan fingerprint density at radius 2 is 2.14 bits per heavy atom. The zero-order valence-corrected chi connectivity index (χ0v) is 13.0. The van der Waals surface area contributed by atoms with Crippen LogP contribution in [-0.2, 0) is 0 Å². The second-order valence-electron chi connectivity index (χ2n) is 5.31. The number of thiazole rings is 1. The lowest BCUT2D eigenvalue weighted by Crippen LogP contribution is -2.31. The molecule has 0 saturated carbocycles. The molecule has 1 aliphatic rings. The van der Waals surface area contributed by atoms with E-state index in [4.69, 9.17) is 5.73 Å². The summed E-state index contributed by atoms with van der Waals surface area (Å²) in [7, 11) is 0. The number of nitrogens with zero attached hydrogens (tertiary/aromatic N) is 3. The van der Waals surface area contributed by atoms with Crippen molar-refractivity contribution in [2.45, 2.75) is 25.8 Å². The van der Waals surface area contributed by atoms with Crippen LogP contribution in [0.25, 0.3) is 0 Å². The lowest BCUT2D eigenvalue weighted by Gasteiger charge is -2.23. The molecule has 2 aromatic rings. The van der Waals surface area contributed by atoms with Crippen molar-refractivity contribution < 1.29 is 9.59 Å². The zero-order chi connectivity index (χ0) is 15.7. The van der Waals surface area contributed by atoms with Gasteiger partial charge in [-0.2, -0.15) is 0 Å². The molecule has 2 N–H and O–H groups in total. The molecule has 1 atom stereocenters. The average molecular weight is 316 g/mol. The summed E-state index contributed by atoms with van der Waals surface area (Å²) < 4.78 is 0. The fourth-order valence-electron chi connectivity index (χ4n) is 2.65. The summed E-state index contributed by atoms with van der Waals surface area (Å²) in [6.07, 6.45) is 4.68. The van der Waals surface area contributed by atoms with E-state index in [1.54, 1.807) is 16.2 Å². The second kappa shape index (κ2) is 5.84. The number of pyridine rings is 1. The van der Waals surface area contributed by atoms with Gasteiger partial charge in [-0.1, -0.05) is 0 Å². The van der Waals surface area contributed by atoms with Gasteiger partial charge in [0, 0.05) is 30.0 Å². The highest BCUT2D eigenvalue weighted by Crippen LogP contribution is 2.34. The summed E-state index contributed by atoms with van der Waals surface area (Å²) in [4.78, 5) is 34.2. The molecule has 0 aromatic carbocycles. The van der Waals surface area contributed by atoms with Crippen molar-refractivity contribution in [1.82, 2.24) is 14.9 Å². The van der Waals surface area contributed by atoms with Crippen molar-refractivity contribution in [3.8, 4) is 0 Å². The van der Waals surface area contributed by atoms with Crippen LogP contribution in [0.5, 0.6) is 0 Å². The first-order valence-corrected chi connectivity index (χ1v) is 7.92. The quantitative estimate of drug-likeness (QED) is 0.937. The first kappa shape index (κ1) is 14.6. The van der Waals surface area contributed by atoms with Crippen LogP contribution in [0.4, 0.5) is 0 Å². The number of carbonyl (C=O) groups excluding carboxylic acids is 2. The fourth-order valence-corrected chi connectivity index (χ4v) is 3.59. The average Bonchev–Trinajstić information content (AvgIpc) is 3.15. The van der Waals surface area contributed by atoms with Crippen molar-refractivity contribution in [1.29, 1.82) is 0 Å². The molecule has 0 radical (unpaired) electrons. The minimum Gasteiger partial charge on any atom is -0.366 e. The molecule has 3 rings (SSSR count). The highest BCUT2D eigenvalue weighted by Gasteiger charge is 2.32. The summed E-state index contributed by atoms with van der Waals surface area (Å²) in [5.41, 5.74) is 6.84. The molecule has 6 nitrogen and oxygen atoms in total. The normalized spacial score (nSPS) is 17.7. The standard InChI is InChI=1S/C15H16N4O2S/c1-9-8-22-14(18-9)12-3-2-4-19(12)15(21)11-5-10(13(16)20)6-17-7-11/h5-8,12H,2-4H2,1H3,(H2,16,20). The van der Waals surface area contributed by atoms with Gasteiger partial charge in [-0.25, -0.2) is 4.98 Å². The van der Waals surface area contributed by atoms with Gasteiger partial charge in [-0.15, -0.1) is 11.3 Å². The fraction of sp³-hybridized carbons (Fsp3) is 0.333. The van der Waals surface area contributed by atoms with E-state index in [1.807, 2.05) is 12.3 Å². The molecule has 1 fully saturated rings. The molecule has 1 unspecified atom stereocenters. The Kier molecular flexibility index (Phi) is 3.89. The van der Waals surface area contributed by atoms with Crippen LogP contribution < -0.4 is 5.73 Å². The monoisotopic (exact) mass is 316 g/mol. The summed E-state index contributed by atoms with van der Waals surface area (Å²) in [5, 5.41) is 2.95. The van der Waals surface area contributed by atoms with E-state index in [1.165, 1.54) is 18.5 Å². The predicted molar refractivity (Wildman–Crippen MR) is 82.6 cm³/mol. The van der Waals surface area contributed by atoms with Gasteiger partial charge in [0.2, 0.25) is 5.91 Å². The van der Waals surface area contributed by atoms with E-state index in [0.29, 0.717) is 12.1 Å². The minimum atomic E-state index is -0.587. The third-order valence-electron chi connectivity index (χ3n) is 3.71. The third kappa shape index (κ3) is 2.71. The number of amides is 2. The molecule has 2 amide bonds. The molecule has 22 heavy (non-hydrogen) atoms. The first-order chi connectivity index (χ1) is 10.6. The van der Waals surface area contributed by atoms with Crippen molar-refractivity contribution in [3.63, 3.8) is 0 Å². The zero-order valence-electron chi connectivity index (χ0n) is 12.2. The number of aromatic nitrogens is 2. The van der Waals surface area contributed by atoms with Gasteiger partial charge in [0.25, 0.3) is 5.91 Å². The highest BCUT2D eigenvalue weighted by atomic mass is 32.1. The number of likely N-dealkylation sites (tertiary alicyclic amines) is 1. The lowest BCUT2D eigenvalue weighted by atomic mass is 10.1. The Labute approximate surface area is 132 Å². The Morgan fingerprint density at radius 3 is 2.82 bits per heavy atom. The smallest absolute Gasteiger partial charge is 0.256 e. The van der Waals surface area contributed by atoms with E-state index in [-0.39, 0.29) is 17.5 Å². The van der Waals surface area contributed by atoms with E-state index in [0.717, 1.165) is 23.5 Å². The Bertz CT molecular complexity index is 728. The number of nitrogens with two attached hydrogens (primary N) is 1. The highest BCUT2D eigenvalue weighted by molar-refractivity contribution is 7.09. The lowest BCUT2D eigenvalue weighted by molar-refractivity contribution is 0.0735. The van der Waals surface area contributed by atoms with Crippen LogP contribution in [-0.4, -0.2) is 33.2 Å².